The molecule has 0 aromatic carbocycles. The topological polar surface area (TPSA) is 54.3 Å². The zero-order valence-electron chi connectivity index (χ0n) is 12.7. The lowest BCUT2D eigenvalue weighted by atomic mass is 10.3. The molecule has 0 bridgehead atoms. The van der Waals surface area contributed by atoms with Crippen molar-refractivity contribution in [2.45, 2.75) is 6.42 Å². The van der Waals surface area contributed by atoms with Crippen molar-refractivity contribution in [2.75, 3.05) is 31.1 Å². The van der Waals surface area contributed by atoms with Crippen LogP contribution in [0.2, 0.25) is 10.0 Å². The predicted molar refractivity (Wildman–Crippen MR) is 90.2 cm³/mol. The van der Waals surface area contributed by atoms with Gasteiger partial charge in [0, 0.05) is 45.6 Å². The van der Waals surface area contributed by atoms with E-state index in [1.165, 1.54) is 0 Å². The first-order chi connectivity index (χ1) is 11.0. The van der Waals surface area contributed by atoms with Crippen molar-refractivity contribution in [3.8, 4) is 0 Å². The molecule has 0 aliphatic carbocycles. The van der Waals surface area contributed by atoms with Crippen LogP contribution in [0.3, 0.4) is 0 Å². The van der Waals surface area contributed by atoms with Gasteiger partial charge in [0.25, 0.3) is 5.91 Å². The molecule has 3 rings (SSSR count). The molecule has 1 aliphatic rings. The lowest BCUT2D eigenvalue weighted by Gasteiger charge is -2.23. The molecule has 0 N–H and O–H groups in total. The number of carbonyl (C=O) groups excluding carboxylic acids is 1. The average molecular weight is 354 g/mol. The van der Waals surface area contributed by atoms with Gasteiger partial charge in [-0.1, -0.05) is 23.2 Å². The molecule has 0 spiro atoms. The van der Waals surface area contributed by atoms with Gasteiger partial charge in [-0.05, 0) is 18.6 Å². The first kappa shape index (κ1) is 16.1. The fourth-order valence-corrected chi connectivity index (χ4v) is 3.16. The molecule has 0 radical (unpaired) electrons. The Bertz CT molecular complexity index is 718. The summed E-state index contributed by atoms with van der Waals surface area (Å²) < 4.78 is 1.63. The highest BCUT2D eigenvalue weighted by atomic mass is 35.5. The minimum atomic E-state index is -0.0392. The van der Waals surface area contributed by atoms with Gasteiger partial charge >= 0.3 is 0 Å². The van der Waals surface area contributed by atoms with E-state index in [1.54, 1.807) is 36.3 Å². The molecular formula is C15H17Cl2N5O. The van der Waals surface area contributed by atoms with E-state index in [2.05, 4.69) is 15.0 Å². The van der Waals surface area contributed by atoms with Crippen molar-refractivity contribution in [3.63, 3.8) is 0 Å². The van der Waals surface area contributed by atoms with Crippen LogP contribution in [-0.2, 0) is 7.05 Å². The maximum Gasteiger partial charge on any atom is 0.274 e. The Hall–Kier alpha value is -1.79. The van der Waals surface area contributed by atoms with E-state index in [-0.39, 0.29) is 5.91 Å². The molecule has 1 aliphatic heterocycles. The van der Waals surface area contributed by atoms with Gasteiger partial charge in [0.05, 0.1) is 10.0 Å². The lowest BCUT2D eigenvalue weighted by Crippen LogP contribution is -2.35. The van der Waals surface area contributed by atoms with Crippen LogP contribution in [0.5, 0.6) is 0 Å². The molecule has 3 heterocycles. The smallest absolute Gasteiger partial charge is 0.274 e. The van der Waals surface area contributed by atoms with Gasteiger partial charge < -0.3 is 9.80 Å². The van der Waals surface area contributed by atoms with Gasteiger partial charge in [-0.15, -0.1) is 0 Å². The van der Waals surface area contributed by atoms with E-state index in [4.69, 9.17) is 23.2 Å². The quantitative estimate of drug-likeness (QED) is 0.832. The number of halogens is 2. The average Bonchev–Trinajstić information content (AvgIpc) is 2.81. The number of hydrogen-bond donors (Lipinski definition) is 0. The number of aryl methyl sites for hydroxylation is 1. The molecular weight excluding hydrogens is 337 g/mol. The van der Waals surface area contributed by atoms with Crippen molar-refractivity contribution in [3.05, 3.63) is 40.3 Å². The molecule has 2 aromatic rings. The molecule has 2 aromatic heterocycles. The van der Waals surface area contributed by atoms with Crippen molar-refractivity contribution in [2.24, 2.45) is 7.05 Å². The summed E-state index contributed by atoms with van der Waals surface area (Å²) in [6.45, 7) is 2.76. The number of pyridine rings is 1. The summed E-state index contributed by atoms with van der Waals surface area (Å²) >= 11 is 12.1. The van der Waals surface area contributed by atoms with Crippen LogP contribution in [-0.4, -0.2) is 51.8 Å². The second kappa shape index (κ2) is 6.76. The van der Waals surface area contributed by atoms with Crippen molar-refractivity contribution >= 4 is 34.9 Å². The number of nitrogens with zero attached hydrogens (tertiary/aromatic N) is 5. The molecule has 0 atom stereocenters. The summed E-state index contributed by atoms with van der Waals surface area (Å²) in [7, 11) is 1.80. The molecule has 8 heteroatoms. The van der Waals surface area contributed by atoms with Crippen LogP contribution >= 0.6 is 23.2 Å². The Morgan fingerprint density at radius 3 is 2.74 bits per heavy atom. The summed E-state index contributed by atoms with van der Waals surface area (Å²) in [6, 6.07) is 3.43. The maximum atomic E-state index is 12.5. The number of anilines is 1. The van der Waals surface area contributed by atoms with Gasteiger partial charge in [0.2, 0.25) is 0 Å². The van der Waals surface area contributed by atoms with E-state index >= 15 is 0 Å². The van der Waals surface area contributed by atoms with Gasteiger partial charge in [0.1, 0.15) is 11.5 Å². The summed E-state index contributed by atoms with van der Waals surface area (Å²) in [6.07, 6.45) is 4.21. The van der Waals surface area contributed by atoms with E-state index < -0.39 is 0 Å². The number of rotatable bonds is 2. The first-order valence-corrected chi connectivity index (χ1v) is 8.15. The lowest BCUT2D eigenvalue weighted by molar-refractivity contribution is 0.0760. The molecule has 0 unspecified atom stereocenters. The summed E-state index contributed by atoms with van der Waals surface area (Å²) in [5, 5.41) is 5.23. The standard InChI is InChI=1S/C15H17Cl2N5O/c1-20-6-3-13(19-20)15(23)22-5-2-4-21(7-8-22)14-12(17)9-11(16)10-18-14/h3,6,9-10H,2,4-5,7-8H2,1H3. The fourth-order valence-electron chi connectivity index (χ4n) is 2.66. The number of carbonyl (C=O) groups is 1. The molecule has 23 heavy (non-hydrogen) atoms. The summed E-state index contributed by atoms with van der Waals surface area (Å²) in [4.78, 5) is 20.7. The zero-order chi connectivity index (χ0) is 16.4. The normalized spacial score (nSPS) is 15.6. The Kier molecular flexibility index (Phi) is 4.73. The van der Waals surface area contributed by atoms with Crippen molar-refractivity contribution in [1.29, 1.82) is 0 Å². The highest BCUT2D eigenvalue weighted by molar-refractivity contribution is 6.36. The molecule has 1 saturated heterocycles. The van der Waals surface area contributed by atoms with Crippen molar-refractivity contribution < 1.29 is 4.79 Å². The van der Waals surface area contributed by atoms with Gasteiger partial charge in [-0.2, -0.15) is 5.10 Å². The fraction of sp³-hybridized carbons (Fsp3) is 0.400. The monoisotopic (exact) mass is 353 g/mol. The van der Waals surface area contributed by atoms with E-state index in [9.17, 15) is 4.79 Å². The predicted octanol–water partition coefficient (Wildman–Crippen LogP) is 2.47. The molecule has 1 amide bonds. The third-order valence-electron chi connectivity index (χ3n) is 3.80. The van der Waals surface area contributed by atoms with Crippen LogP contribution in [0.25, 0.3) is 0 Å². The first-order valence-electron chi connectivity index (χ1n) is 7.39. The van der Waals surface area contributed by atoms with E-state index in [1.807, 2.05) is 4.90 Å². The molecule has 0 saturated carbocycles. The minimum absolute atomic E-state index is 0.0392. The third kappa shape index (κ3) is 3.59. The molecule has 1 fully saturated rings. The highest BCUT2D eigenvalue weighted by Crippen LogP contribution is 2.26. The Morgan fingerprint density at radius 2 is 2.04 bits per heavy atom. The number of hydrogen-bond acceptors (Lipinski definition) is 4. The van der Waals surface area contributed by atoms with Crippen LogP contribution in [0, 0.1) is 0 Å². The van der Waals surface area contributed by atoms with Crippen LogP contribution in [0.4, 0.5) is 5.82 Å². The maximum absolute atomic E-state index is 12.5. The van der Waals surface area contributed by atoms with Crippen molar-refractivity contribution in [1.82, 2.24) is 19.7 Å². The number of aromatic nitrogens is 3. The summed E-state index contributed by atoms with van der Waals surface area (Å²) in [5.41, 5.74) is 0.476. The highest BCUT2D eigenvalue weighted by Gasteiger charge is 2.23. The largest absolute Gasteiger partial charge is 0.354 e. The minimum Gasteiger partial charge on any atom is -0.354 e. The SMILES string of the molecule is Cn1ccc(C(=O)N2CCCN(c3ncc(Cl)cc3Cl)CC2)n1. The van der Waals surface area contributed by atoms with Gasteiger partial charge in [-0.25, -0.2) is 4.98 Å². The molecule has 6 nitrogen and oxygen atoms in total. The third-order valence-corrected chi connectivity index (χ3v) is 4.29. The second-order valence-corrected chi connectivity index (χ2v) is 6.31. The zero-order valence-corrected chi connectivity index (χ0v) is 14.3. The van der Waals surface area contributed by atoms with Crippen LogP contribution in [0.1, 0.15) is 16.9 Å². The van der Waals surface area contributed by atoms with Gasteiger partial charge in [-0.3, -0.25) is 9.48 Å². The van der Waals surface area contributed by atoms with Gasteiger partial charge in [0.15, 0.2) is 0 Å². The van der Waals surface area contributed by atoms with Crippen LogP contribution < -0.4 is 4.90 Å². The Balaban J connectivity index is 1.70. The Morgan fingerprint density at radius 1 is 1.22 bits per heavy atom. The molecule has 122 valence electrons. The van der Waals surface area contributed by atoms with E-state index in [0.29, 0.717) is 41.2 Å². The van der Waals surface area contributed by atoms with E-state index in [0.717, 1.165) is 13.0 Å². The number of amides is 1. The Labute approximate surface area is 144 Å². The summed E-state index contributed by atoms with van der Waals surface area (Å²) in [5.74, 6) is 0.672. The van der Waals surface area contributed by atoms with Crippen LogP contribution in [0.15, 0.2) is 24.5 Å². The second-order valence-electron chi connectivity index (χ2n) is 5.47.